The van der Waals surface area contributed by atoms with Gasteiger partial charge >= 0.3 is 0 Å². The second kappa shape index (κ2) is 10.3. The van der Waals surface area contributed by atoms with Crippen molar-refractivity contribution in [2.45, 2.75) is 26.3 Å². The Labute approximate surface area is 183 Å². The average Bonchev–Trinajstić information content (AvgIpc) is 3.45. The maximum absolute atomic E-state index is 4.93. The van der Waals surface area contributed by atoms with Gasteiger partial charge < -0.3 is 14.7 Å². The molecular weight excluding hydrogens is 390 g/mol. The summed E-state index contributed by atoms with van der Waals surface area (Å²) >= 11 is 0. The van der Waals surface area contributed by atoms with Crippen molar-refractivity contribution < 1.29 is 4.52 Å². The van der Waals surface area contributed by atoms with E-state index in [4.69, 9.17) is 4.52 Å². The Morgan fingerprint density at radius 1 is 1.13 bits per heavy atom. The summed E-state index contributed by atoms with van der Waals surface area (Å²) in [5.41, 5.74) is 4.47. The molecule has 1 N–H and O–H groups in total. The number of para-hydroxylation sites is 1. The minimum absolute atomic E-state index is 0.840. The quantitative estimate of drug-likeness (QED) is 0.359. The number of guanidine groups is 1. The molecule has 0 amide bonds. The van der Waals surface area contributed by atoms with Gasteiger partial charge in [-0.1, -0.05) is 23.4 Å². The number of nitrogens with one attached hydrogen (secondary N) is 1. The SMILES string of the molecule is CN=C(NCCCc1cn(-c2ccccc2)nc1C)N1CCN(Cc2ccon2)CC1. The molecule has 0 aliphatic carbocycles. The van der Waals surface area contributed by atoms with Crippen LogP contribution >= 0.6 is 0 Å². The monoisotopic (exact) mass is 421 g/mol. The van der Waals surface area contributed by atoms with Gasteiger partial charge in [-0.3, -0.25) is 9.89 Å². The van der Waals surface area contributed by atoms with Crippen molar-refractivity contribution in [3.05, 3.63) is 65.8 Å². The summed E-state index contributed by atoms with van der Waals surface area (Å²) < 4.78 is 6.90. The average molecular weight is 422 g/mol. The van der Waals surface area contributed by atoms with Crippen molar-refractivity contribution in [3.63, 3.8) is 0 Å². The highest BCUT2D eigenvalue weighted by Gasteiger charge is 2.20. The molecule has 0 atom stereocenters. The first-order valence-electron chi connectivity index (χ1n) is 10.9. The van der Waals surface area contributed by atoms with Crippen molar-refractivity contribution >= 4 is 5.96 Å². The number of benzene rings is 1. The summed E-state index contributed by atoms with van der Waals surface area (Å²) in [6.45, 7) is 7.71. The zero-order valence-corrected chi connectivity index (χ0v) is 18.4. The lowest BCUT2D eigenvalue weighted by Gasteiger charge is -2.36. The Balaban J connectivity index is 1.21. The van der Waals surface area contributed by atoms with E-state index < -0.39 is 0 Å². The number of hydrogen-bond donors (Lipinski definition) is 1. The molecule has 8 nitrogen and oxygen atoms in total. The number of aromatic nitrogens is 3. The fraction of sp³-hybridized carbons (Fsp3) is 0.435. The van der Waals surface area contributed by atoms with Crippen molar-refractivity contribution in [1.29, 1.82) is 0 Å². The van der Waals surface area contributed by atoms with Crippen LogP contribution in [0.3, 0.4) is 0 Å². The third-order valence-corrected chi connectivity index (χ3v) is 5.69. The topological polar surface area (TPSA) is 74.7 Å². The van der Waals surface area contributed by atoms with Crippen molar-refractivity contribution in [2.24, 2.45) is 4.99 Å². The van der Waals surface area contributed by atoms with Gasteiger partial charge in [-0.15, -0.1) is 0 Å². The molecule has 8 heteroatoms. The first-order chi connectivity index (χ1) is 15.2. The van der Waals surface area contributed by atoms with E-state index in [1.165, 1.54) is 5.56 Å². The fourth-order valence-corrected chi connectivity index (χ4v) is 3.93. The van der Waals surface area contributed by atoms with Crippen molar-refractivity contribution in [2.75, 3.05) is 39.8 Å². The number of rotatable bonds is 7. The zero-order valence-electron chi connectivity index (χ0n) is 18.4. The van der Waals surface area contributed by atoms with Crippen LogP contribution in [0.4, 0.5) is 0 Å². The van der Waals surface area contributed by atoms with Gasteiger partial charge in [0.25, 0.3) is 0 Å². The maximum Gasteiger partial charge on any atom is 0.193 e. The van der Waals surface area contributed by atoms with Gasteiger partial charge in [0.05, 0.1) is 17.1 Å². The summed E-state index contributed by atoms with van der Waals surface area (Å²) in [5, 5.41) is 12.2. The molecule has 1 aliphatic rings. The van der Waals surface area contributed by atoms with Crippen LogP contribution in [0.5, 0.6) is 0 Å². The highest BCUT2D eigenvalue weighted by atomic mass is 16.5. The number of hydrogen-bond acceptors (Lipinski definition) is 5. The van der Waals surface area contributed by atoms with Crippen LogP contribution in [-0.2, 0) is 13.0 Å². The Bertz CT molecular complexity index is 957. The number of aryl methyl sites for hydroxylation is 2. The Hall–Kier alpha value is -3.13. The molecule has 0 spiro atoms. The molecule has 1 aliphatic heterocycles. The molecule has 0 radical (unpaired) electrons. The smallest absolute Gasteiger partial charge is 0.193 e. The van der Waals surface area contributed by atoms with Crippen molar-refractivity contribution in [3.8, 4) is 5.69 Å². The van der Waals surface area contributed by atoms with Crippen LogP contribution in [0.15, 0.2) is 58.4 Å². The zero-order chi connectivity index (χ0) is 21.5. The van der Waals surface area contributed by atoms with Gasteiger partial charge in [-0.2, -0.15) is 5.10 Å². The van der Waals surface area contributed by atoms with E-state index in [1.54, 1.807) is 6.26 Å². The summed E-state index contributed by atoms with van der Waals surface area (Å²) in [5.74, 6) is 0.984. The molecule has 4 rings (SSSR count). The normalized spacial score (nSPS) is 15.4. The molecule has 1 aromatic carbocycles. The summed E-state index contributed by atoms with van der Waals surface area (Å²) in [6.07, 6.45) is 5.81. The molecule has 1 saturated heterocycles. The molecule has 164 valence electrons. The minimum Gasteiger partial charge on any atom is -0.364 e. The van der Waals surface area contributed by atoms with E-state index in [9.17, 15) is 0 Å². The van der Waals surface area contributed by atoms with E-state index in [1.807, 2.05) is 36.0 Å². The highest BCUT2D eigenvalue weighted by molar-refractivity contribution is 5.79. The van der Waals surface area contributed by atoms with E-state index in [0.29, 0.717) is 0 Å². The maximum atomic E-state index is 4.93. The predicted octanol–water partition coefficient (Wildman–Crippen LogP) is 2.49. The standard InChI is InChI=1S/C23H31N7O/c1-19-20(17-30(26-19)22-8-4-3-5-9-22)7-6-11-25-23(24-2)29-14-12-28(13-15-29)18-21-10-16-31-27-21/h3-5,8-10,16-17H,6-7,11-15,18H2,1-2H3,(H,24,25). The second-order valence-electron chi connectivity index (χ2n) is 7.85. The molecule has 0 saturated carbocycles. The largest absolute Gasteiger partial charge is 0.364 e. The number of nitrogens with zero attached hydrogens (tertiary/aromatic N) is 6. The number of aliphatic imine (C=N–C) groups is 1. The van der Waals surface area contributed by atoms with Crippen LogP contribution in [0.1, 0.15) is 23.4 Å². The second-order valence-corrected chi connectivity index (χ2v) is 7.85. The van der Waals surface area contributed by atoms with Crippen LogP contribution < -0.4 is 5.32 Å². The molecular formula is C23H31N7O. The van der Waals surface area contributed by atoms with Crippen LogP contribution in [0.25, 0.3) is 5.69 Å². The summed E-state index contributed by atoms with van der Waals surface area (Å²) in [7, 11) is 1.86. The van der Waals surface area contributed by atoms with Gasteiger partial charge in [0.1, 0.15) is 6.26 Å². The molecule has 0 bridgehead atoms. The molecule has 31 heavy (non-hydrogen) atoms. The van der Waals surface area contributed by atoms with Gasteiger partial charge in [-0.25, -0.2) is 4.68 Å². The Kier molecular flexibility index (Phi) is 6.99. The van der Waals surface area contributed by atoms with Gasteiger partial charge in [0, 0.05) is 58.6 Å². The third-order valence-electron chi connectivity index (χ3n) is 5.69. The highest BCUT2D eigenvalue weighted by Crippen LogP contribution is 2.13. The van der Waals surface area contributed by atoms with Crippen LogP contribution in [0, 0.1) is 6.92 Å². The number of piperazine rings is 1. The first-order valence-corrected chi connectivity index (χ1v) is 10.9. The molecule has 3 heterocycles. The Morgan fingerprint density at radius 3 is 2.65 bits per heavy atom. The molecule has 3 aromatic rings. The van der Waals surface area contributed by atoms with Gasteiger partial charge in [0.15, 0.2) is 5.96 Å². The van der Waals surface area contributed by atoms with Crippen LogP contribution in [0.2, 0.25) is 0 Å². The van der Waals surface area contributed by atoms with E-state index >= 15 is 0 Å². The van der Waals surface area contributed by atoms with Gasteiger partial charge in [0.2, 0.25) is 0 Å². The third kappa shape index (κ3) is 5.52. The lowest BCUT2D eigenvalue weighted by atomic mass is 10.1. The molecule has 0 unspecified atom stereocenters. The molecule has 2 aromatic heterocycles. The summed E-state index contributed by atoms with van der Waals surface area (Å²) in [4.78, 5) is 9.22. The summed E-state index contributed by atoms with van der Waals surface area (Å²) in [6, 6.07) is 12.2. The van der Waals surface area contributed by atoms with Gasteiger partial charge in [-0.05, 0) is 37.5 Å². The van der Waals surface area contributed by atoms with E-state index in [-0.39, 0.29) is 0 Å². The lowest BCUT2D eigenvalue weighted by Crippen LogP contribution is -2.52. The van der Waals surface area contributed by atoms with Crippen molar-refractivity contribution in [1.82, 2.24) is 30.1 Å². The van der Waals surface area contributed by atoms with E-state index in [2.05, 4.69) is 55.6 Å². The first kappa shape index (κ1) is 21.1. The minimum atomic E-state index is 0.840. The molecule has 1 fully saturated rings. The fourth-order valence-electron chi connectivity index (χ4n) is 3.93. The lowest BCUT2D eigenvalue weighted by molar-refractivity contribution is 0.169. The predicted molar refractivity (Wildman–Crippen MR) is 121 cm³/mol. The van der Waals surface area contributed by atoms with E-state index in [0.717, 1.165) is 75.1 Å². The van der Waals surface area contributed by atoms with Crippen LogP contribution in [-0.4, -0.2) is 70.5 Å². The Morgan fingerprint density at radius 2 is 1.94 bits per heavy atom.